The monoisotopic (exact) mass is 589 g/mol. The van der Waals surface area contributed by atoms with Crippen molar-refractivity contribution in [1.82, 2.24) is 5.43 Å². The number of anilines is 1. The van der Waals surface area contributed by atoms with E-state index in [2.05, 4.69) is 26.5 Å². The summed E-state index contributed by atoms with van der Waals surface area (Å²) < 4.78 is 45.0. The Labute approximate surface area is 225 Å². The van der Waals surface area contributed by atoms with Gasteiger partial charge in [-0.3, -0.25) is 9.10 Å². The van der Waals surface area contributed by atoms with Gasteiger partial charge in [0.15, 0.2) is 11.5 Å². The molecule has 0 radical (unpaired) electrons. The van der Waals surface area contributed by atoms with Gasteiger partial charge in [-0.05, 0) is 77.3 Å². The summed E-state index contributed by atoms with van der Waals surface area (Å²) in [6.45, 7) is 3.16. The summed E-state index contributed by atoms with van der Waals surface area (Å²) in [6.07, 6.45) is 1.41. The van der Waals surface area contributed by atoms with Gasteiger partial charge < -0.3 is 14.2 Å². The minimum Gasteiger partial charge on any atom is -0.495 e. The normalized spacial score (nSPS) is 11.3. The molecule has 0 spiro atoms. The van der Waals surface area contributed by atoms with Crippen molar-refractivity contribution in [3.63, 3.8) is 0 Å². The van der Waals surface area contributed by atoms with Crippen LogP contribution < -0.4 is 23.9 Å². The third-order valence-electron chi connectivity index (χ3n) is 5.36. The molecule has 0 saturated heterocycles. The maximum absolute atomic E-state index is 13.6. The summed E-state index contributed by atoms with van der Waals surface area (Å²) in [6, 6.07) is 14.9. The van der Waals surface area contributed by atoms with Gasteiger partial charge in [0.2, 0.25) is 0 Å². The van der Waals surface area contributed by atoms with E-state index in [0.717, 1.165) is 15.4 Å². The predicted molar refractivity (Wildman–Crippen MR) is 146 cm³/mol. The van der Waals surface area contributed by atoms with E-state index >= 15 is 0 Å². The van der Waals surface area contributed by atoms with Crippen LogP contribution in [0.3, 0.4) is 0 Å². The van der Waals surface area contributed by atoms with E-state index in [1.54, 1.807) is 42.5 Å². The van der Waals surface area contributed by atoms with Crippen LogP contribution in [-0.4, -0.2) is 48.4 Å². The average Bonchev–Trinajstić information content (AvgIpc) is 2.87. The summed E-state index contributed by atoms with van der Waals surface area (Å²) in [5.74, 6) is 0.669. The average molecular weight is 590 g/mol. The van der Waals surface area contributed by atoms with Crippen molar-refractivity contribution in [2.75, 3.05) is 32.2 Å². The van der Waals surface area contributed by atoms with E-state index in [4.69, 9.17) is 14.2 Å². The highest BCUT2D eigenvalue weighted by Gasteiger charge is 2.29. The molecule has 3 aromatic carbocycles. The first kappa shape index (κ1) is 28.0. The van der Waals surface area contributed by atoms with Crippen molar-refractivity contribution in [1.29, 1.82) is 0 Å². The van der Waals surface area contributed by atoms with Crippen molar-refractivity contribution < 1.29 is 27.4 Å². The van der Waals surface area contributed by atoms with E-state index in [-0.39, 0.29) is 10.6 Å². The van der Waals surface area contributed by atoms with Crippen molar-refractivity contribution in [2.24, 2.45) is 5.10 Å². The molecule has 0 aliphatic rings. The molecule has 0 saturated carbocycles. The Morgan fingerprint density at radius 2 is 1.59 bits per heavy atom. The summed E-state index contributed by atoms with van der Waals surface area (Å²) in [4.78, 5) is 12.9. The molecular formula is C26H28BrN3O6S. The number of aryl methyl sites for hydroxylation is 2. The Morgan fingerprint density at radius 3 is 2.22 bits per heavy atom. The second-order valence-corrected chi connectivity index (χ2v) is 10.7. The molecule has 37 heavy (non-hydrogen) atoms. The van der Waals surface area contributed by atoms with E-state index < -0.39 is 22.5 Å². The number of hydrazone groups is 1. The van der Waals surface area contributed by atoms with E-state index in [9.17, 15) is 13.2 Å². The molecule has 0 aliphatic heterocycles. The second-order valence-electron chi connectivity index (χ2n) is 8.03. The second kappa shape index (κ2) is 12.1. The smallest absolute Gasteiger partial charge is 0.264 e. The van der Waals surface area contributed by atoms with Crippen molar-refractivity contribution in [2.45, 2.75) is 18.7 Å². The molecular weight excluding hydrogens is 562 g/mol. The number of hydrogen-bond donors (Lipinski definition) is 1. The molecule has 0 unspecified atom stereocenters. The lowest BCUT2D eigenvalue weighted by molar-refractivity contribution is -0.119. The van der Waals surface area contributed by atoms with Gasteiger partial charge in [-0.15, -0.1) is 0 Å². The first-order chi connectivity index (χ1) is 17.6. The first-order valence-electron chi connectivity index (χ1n) is 11.1. The number of ether oxygens (including phenoxy) is 3. The maximum atomic E-state index is 13.6. The third kappa shape index (κ3) is 6.60. The van der Waals surface area contributed by atoms with E-state index in [0.29, 0.717) is 27.3 Å². The van der Waals surface area contributed by atoms with Crippen LogP contribution in [0.1, 0.15) is 16.7 Å². The molecule has 0 bridgehead atoms. The van der Waals surface area contributed by atoms with Crippen LogP contribution >= 0.6 is 15.9 Å². The summed E-state index contributed by atoms with van der Waals surface area (Å²) in [7, 11) is 0.364. The lowest BCUT2D eigenvalue weighted by atomic mass is 10.2. The van der Waals surface area contributed by atoms with E-state index in [1.165, 1.54) is 39.7 Å². The lowest BCUT2D eigenvalue weighted by Gasteiger charge is -2.25. The highest BCUT2D eigenvalue weighted by Crippen LogP contribution is 2.36. The molecule has 0 aromatic heterocycles. The Bertz CT molecular complexity index is 1410. The molecule has 0 heterocycles. The number of nitrogens with one attached hydrogen (secondary N) is 1. The Hall–Kier alpha value is -3.57. The highest BCUT2D eigenvalue weighted by atomic mass is 79.9. The first-order valence-corrected chi connectivity index (χ1v) is 13.3. The molecule has 3 rings (SSSR count). The van der Waals surface area contributed by atoms with Gasteiger partial charge in [0.1, 0.15) is 12.3 Å². The fourth-order valence-corrected chi connectivity index (χ4v) is 5.53. The van der Waals surface area contributed by atoms with Crippen LogP contribution in [0.5, 0.6) is 17.2 Å². The zero-order valence-electron chi connectivity index (χ0n) is 21.1. The molecule has 0 atom stereocenters. The zero-order valence-corrected chi connectivity index (χ0v) is 23.5. The Kier molecular flexibility index (Phi) is 9.17. The number of sulfonamides is 1. The van der Waals surface area contributed by atoms with E-state index in [1.807, 2.05) is 13.8 Å². The Morgan fingerprint density at radius 1 is 0.946 bits per heavy atom. The van der Waals surface area contributed by atoms with Gasteiger partial charge in [0.05, 0.1) is 42.6 Å². The molecule has 1 N–H and O–H groups in total. The van der Waals surface area contributed by atoms with Crippen molar-refractivity contribution in [3.05, 3.63) is 75.8 Å². The number of methoxy groups -OCH3 is 3. The Balaban J connectivity index is 1.91. The van der Waals surface area contributed by atoms with Gasteiger partial charge in [-0.2, -0.15) is 5.10 Å². The molecule has 11 heteroatoms. The van der Waals surface area contributed by atoms with Gasteiger partial charge in [0, 0.05) is 0 Å². The minimum absolute atomic E-state index is 0.0492. The van der Waals surface area contributed by atoms with Gasteiger partial charge in [-0.1, -0.05) is 23.8 Å². The number of carbonyl (C=O) groups is 1. The largest absolute Gasteiger partial charge is 0.495 e. The third-order valence-corrected chi connectivity index (χ3v) is 7.72. The van der Waals surface area contributed by atoms with Crippen LogP contribution in [0.4, 0.5) is 5.69 Å². The highest BCUT2D eigenvalue weighted by molar-refractivity contribution is 9.10. The van der Waals surface area contributed by atoms with Gasteiger partial charge in [-0.25, -0.2) is 13.8 Å². The molecule has 1 amide bonds. The number of hydrogen-bond acceptors (Lipinski definition) is 7. The van der Waals surface area contributed by atoms with Crippen molar-refractivity contribution >= 4 is 43.8 Å². The van der Waals surface area contributed by atoms with Crippen LogP contribution in [-0.2, 0) is 14.8 Å². The van der Waals surface area contributed by atoms with Gasteiger partial charge in [0.25, 0.3) is 15.9 Å². The standard InChI is InChI=1S/C26H28BrN3O6S/c1-17-6-9-20(10-7-17)37(32,33)30(22-12-18(2)8-11-23(22)34-3)16-25(31)29-28-15-19-13-21(27)26(36-5)24(14-19)35-4/h6-15H,16H2,1-5H3,(H,29,31)/b28-15-. The quantitative estimate of drug-likeness (QED) is 0.277. The summed E-state index contributed by atoms with van der Waals surface area (Å²) in [5.41, 5.74) is 4.97. The number of amides is 1. The van der Waals surface area contributed by atoms with Crippen LogP contribution in [0.15, 0.2) is 69.1 Å². The van der Waals surface area contributed by atoms with Crippen molar-refractivity contribution in [3.8, 4) is 17.2 Å². The van der Waals surface area contributed by atoms with Crippen LogP contribution in [0.2, 0.25) is 0 Å². The van der Waals surface area contributed by atoms with Crippen LogP contribution in [0, 0.1) is 13.8 Å². The number of benzene rings is 3. The number of halogens is 1. The summed E-state index contributed by atoms with van der Waals surface area (Å²) in [5, 5.41) is 3.99. The fourth-order valence-electron chi connectivity index (χ4n) is 3.49. The fraction of sp³-hybridized carbons (Fsp3) is 0.231. The van der Waals surface area contributed by atoms with Crippen LogP contribution in [0.25, 0.3) is 0 Å². The molecule has 9 nitrogen and oxygen atoms in total. The molecule has 0 aliphatic carbocycles. The summed E-state index contributed by atoms with van der Waals surface area (Å²) >= 11 is 3.41. The molecule has 196 valence electrons. The topological polar surface area (TPSA) is 107 Å². The SMILES string of the molecule is COc1ccc(C)cc1N(CC(=O)N/N=C\c1cc(Br)c(OC)c(OC)c1)S(=O)(=O)c1ccc(C)cc1. The molecule has 3 aromatic rings. The lowest BCUT2D eigenvalue weighted by Crippen LogP contribution is -2.39. The van der Waals surface area contributed by atoms with Gasteiger partial charge >= 0.3 is 0 Å². The zero-order chi connectivity index (χ0) is 27.2. The minimum atomic E-state index is -4.11. The number of nitrogens with zero attached hydrogens (tertiary/aromatic N) is 2. The maximum Gasteiger partial charge on any atom is 0.264 e. The molecule has 0 fully saturated rings. The number of carbonyl (C=O) groups excluding carboxylic acids is 1. The predicted octanol–water partition coefficient (Wildman–Crippen LogP) is 4.44. The number of rotatable bonds is 10.